The van der Waals surface area contributed by atoms with E-state index in [1.54, 1.807) is 7.05 Å². The molecule has 0 saturated carbocycles. The molecular formula is C12H14F2N4O. The zero-order valence-electron chi connectivity index (χ0n) is 10.6. The average Bonchev–Trinajstić information content (AvgIpc) is 2.85. The quantitative estimate of drug-likeness (QED) is 0.870. The predicted octanol–water partition coefficient (Wildman–Crippen LogP) is 2.24. The van der Waals surface area contributed by atoms with Crippen molar-refractivity contribution in [1.82, 2.24) is 15.5 Å². The number of nitrogens with zero attached hydrogens (tertiary/aromatic N) is 2. The van der Waals surface area contributed by atoms with Gasteiger partial charge in [0, 0.05) is 18.2 Å². The summed E-state index contributed by atoms with van der Waals surface area (Å²) in [6, 6.07) is 3.53. The Morgan fingerprint density at radius 2 is 2.11 bits per heavy atom. The summed E-state index contributed by atoms with van der Waals surface area (Å²) >= 11 is 0. The maximum atomic E-state index is 13.4. The van der Waals surface area contributed by atoms with E-state index in [9.17, 15) is 8.78 Å². The molecule has 19 heavy (non-hydrogen) atoms. The number of hydrogen-bond donors (Lipinski definition) is 2. The second-order valence-electron chi connectivity index (χ2n) is 4.05. The van der Waals surface area contributed by atoms with Crippen LogP contribution in [0, 0.1) is 11.6 Å². The van der Waals surface area contributed by atoms with Gasteiger partial charge in [0.15, 0.2) is 0 Å². The van der Waals surface area contributed by atoms with Crippen molar-refractivity contribution in [3.63, 3.8) is 0 Å². The van der Waals surface area contributed by atoms with Crippen molar-refractivity contribution in [1.29, 1.82) is 0 Å². The molecule has 2 rings (SSSR count). The van der Waals surface area contributed by atoms with Crippen molar-refractivity contribution in [3.8, 4) is 0 Å². The van der Waals surface area contributed by atoms with E-state index in [2.05, 4.69) is 20.8 Å². The first-order valence-electron chi connectivity index (χ1n) is 5.78. The van der Waals surface area contributed by atoms with E-state index in [1.165, 1.54) is 12.1 Å². The lowest BCUT2D eigenvalue weighted by molar-refractivity contribution is 0.441. The first-order chi connectivity index (χ1) is 9.10. The molecule has 0 bridgehead atoms. The fraction of sp³-hybridized carbons (Fsp3) is 0.333. The molecule has 7 heteroatoms. The number of nitrogens with one attached hydrogen (secondary N) is 2. The summed E-state index contributed by atoms with van der Waals surface area (Å²) in [6.45, 7) is 2.01. The largest absolute Gasteiger partial charge is 0.406 e. The average molecular weight is 268 g/mol. The Hall–Kier alpha value is -2.02. The van der Waals surface area contributed by atoms with Gasteiger partial charge in [0.25, 0.3) is 0 Å². The van der Waals surface area contributed by atoms with Gasteiger partial charge in [-0.2, -0.15) is 0 Å². The molecule has 1 aromatic carbocycles. The second-order valence-corrected chi connectivity index (χ2v) is 4.05. The summed E-state index contributed by atoms with van der Waals surface area (Å²) in [7, 11) is 1.77. The van der Waals surface area contributed by atoms with E-state index < -0.39 is 11.6 Å². The fourth-order valence-electron chi connectivity index (χ4n) is 1.44. The highest BCUT2D eigenvalue weighted by Gasteiger charge is 2.12. The van der Waals surface area contributed by atoms with Crippen LogP contribution < -0.4 is 10.6 Å². The maximum absolute atomic E-state index is 13.4. The Morgan fingerprint density at radius 1 is 1.32 bits per heavy atom. The van der Waals surface area contributed by atoms with Crippen LogP contribution in [0.15, 0.2) is 22.6 Å². The van der Waals surface area contributed by atoms with Gasteiger partial charge in [0.05, 0.1) is 6.04 Å². The van der Waals surface area contributed by atoms with Crippen molar-refractivity contribution in [2.24, 2.45) is 0 Å². The van der Waals surface area contributed by atoms with E-state index in [-0.39, 0.29) is 18.6 Å². The molecule has 0 amide bonds. The number of rotatable bonds is 5. The van der Waals surface area contributed by atoms with Crippen molar-refractivity contribution in [3.05, 3.63) is 41.3 Å². The third kappa shape index (κ3) is 3.25. The van der Waals surface area contributed by atoms with Crippen LogP contribution in [0.25, 0.3) is 0 Å². The molecule has 0 aliphatic rings. The molecule has 0 aliphatic carbocycles. The highest BCUT2D eigenvalue weighted by molar-refractivity contribution is 5.25. The van der Waals surface area contributed by atoms with Crippen LogP contribution in [0.1, 0.15) is 24.4 Å². The zero-order valence-corrected chi connectivity index (χ0v) is 10.6. The molecule has 5 nitrogen and oxygen atoms in total. The molecule has 1 atom stereocenters. The molecule has 1 unspecified atom stereocenters. The summed E-state index contributed by atoms with van der Waals surface area (Å²) < 4.78 is 31.4. The molecule has 0 fully saturated rings. The lowest BCUT2D eigenvalue weighted by atomic mass is 10.2. The van der Waals surface area contributed by atoms with Gasteiger partial charge < -0.3 is 15.1 Å². The third-order valence-electron chi connectivity index (χ3n) is 2.69. The lowest BCUT2D eigenvalue weighted by Crippen LogP contribution is -2.12. The maximum Gasteiger partial charge on any atom is 0.315 e. The minimum Gasteiger partial charge on any atom is -0.406 e. The van der Waals surface area contributed by atoms with E-state index >= 15 is 0 Å². The lowest BCUT2D eigenvalue weighted by Gasteiger charge is -2.04. The summed E-state index contributed by atoms with van der Waals surface area (Å²) in [5.41, 5.74) is 0.322. The van der Waals surface area contributed by atoms with Crippen molar-refractivity contribution >= 4 is 6.01 Å². The van der Waals surface area contributed by atoms with Gasteiger partial charge in [-0.25, -0.2) is 8.78 Å². The molecule has 0 saturated heterocycles. The van der Waals surface area contributed by atoms with Gasteiger partial charge in [-0.1, -0.05) is 11.2 Å². The molecule has 0 radical (unpaired) electrons. The summed E-state index contributed by atoms with van der Waals surface area (Å²) in [4.78, 5) is 0. The minimum atomic E-state index is -0.615. The van der Waals surface area contributed by atoms with Gasteiger partial charge in [-0.05, 0) is 20.0 Å². The standard InChI is InChI=1S/C12H14F2N4O/c1-7(15-2)11-17-18-12(19-11)16-6-8-3-4-9(13)5-10(8)14/h3-5,7,15H,6H2,1-2H3,(H,16,18). The molecule has 2 N–H and O–H groups in total. The Morgan fingerprint density at radius 3 is 2.79 bits per heavy atom. The number of benzene rings is 1. The van der Waals surface area contributed by atoms with Crippen LogP contribution in [0.2, 0.25) is 0 Å². The van der Waals surface area contributed by atoms with Gasteiger partial charge in [0.2, 0.25) is 5.89 Å². The molecule has 102 valence electrons. The number of anilines is 1. The third-order valence-corrected chi connectivity index (χ3v) is 2.69. The highest BCUT2D eigenvalue weighted by atomic mass is 19.1. The minimum absolute atomic E-state index is 0.0643. The van der Waals surface area contributed by atoms with E-state index in [0.29, 0.717) is 11.5 Å². The van der Waals surface area contributed by atoms with Crippen LogP contribution in [0.4, 0.5) is 14.8 Å². The van der Waals surface area contributed by atoms with E-state index in [4.69, 9.17) is 4.42 Å². The first-order valence-corrected chi connectivity index (χ1v) is 5.78. The van der Waals surface area contributed by atoms with E-state index in [0.717, 1.165) is 6.07 Å². The monoisotopic (exact) mass is 268 g/mol. The first kappa shape index (κ1) is 13.4. The number of hydrogen-bond acceptors (Lipinski definition) is 5. The van der Waals surface area contributed by atoms with E-state index in [1.807, 2.05) is 6.92 Å². The van der Waals surface area contributed by atoms with Gasteiger partial charge in [0.1, 0.15) is 11.6 Å². The summed E-state index contributed by atoms with van der Waals surface area (Å²) in [6.07, 6.45) is 0. The molecule has 2 aromatic rings. The topological polar surface area (TPSA) is 63.0 Å². The van der Waals surface area contributed by atoms with Crippen LogP contribution in [-0.4, -0.2) is 17.2 Å². The normalized spacial score (nSPS) is 12.4. The number of halogens is 2. The summed E-state index contributed by atoms with van der Waals surface area (Å²) in [5, 5.41) is 13.4. The number of aromatic nitrogens is 2. The Balaban J connectivity index is 2.00. The Labute approximate surface area is 109 Å². The molecule has 0 aliphatic heterocycles. The van der Waals surface area contributed by atoms with Gasteiger partial charge in [-0.15, -0.1) is 5.10 Å². The Bertz CT molecular complexity index is 558. The van der Waals surface area contributed by atoms with Crippen LogP contribution in [0.3, 0.4) is 0 Å². The van der Waals surface area contributed by atoms with Crippen LogP contribution in [-0.2, 0) is 6.54 Å². The Kier molecular flexibility index (Phi) is 4.06. The smallest absolute Gasteiger partial charge is 0.315 e. The van der Waals surface area contributed by atoms with Crippen LogP contribution in [0.5, 0.6) is 0 Å². The molecular weight excluding hydrogens is 254 g/mol. The predicted molar refractivity (Wildman–Crippen MR) is 65.5 cm³/mol. The van der Waals surface area contributed by atoms with Crippen molar-refractivity contribution in [2.45, 2.75) is 19.5 Å². The fourth-order valence-corrected chi connectivity index (χ4v) is 1.44. The second kappa shape index (κ2) is 5.75. The van der Waals surface area contributed by atoms with Gasteiger partial charge in [-0.3, -0.25) is 0 Å². The van der Waals surface area contributed by atoms with Crippen molar-refractivity contribution < 1.29 is 13.2 Å². The SMILES string of the molecule is CNC(C)c1nnc(NCc2ccc(F)cc2F)o1. The zero-order chi connectivity index (χ0) is 13.8. The molecule has 1 heterocycles. The van der Waals surface area contributed by atoms with Gasteiger partial charge >= 0.3 is 6.01 Å². The molecule has 1 aromatic heterocycles. The molecule has 0 spiro atoms. The van der Waals surface area contributed by atoms with Crippen molar-refractivity contribution in [2.75, 3.05) is 12.4 Å². The van der Waals surface area contributed by atoms with Crippen LogP contribution >= 0.6 is 0 Å². The highest BCUT2D eigenvalue weighted by Crippen LogP contribution is 2.15. The summed E-state index contributed by atoms with van der Waals surface area (Å²) in [5.74, 6) is -0.787.